The van der Waals surface area contributed by atoms with Gasteiger partial charge in [0.05, 0.1) is 35.8 Å². The van der Waals surface area contributed by atoms with Crippen LogP contribution in [0, 0.1) is 17.1 Å². The van der Waals surface area contributed by atoms with Crippen LogP contribution in [0.2, 0.25) is 5.02 Å². The highest BCUT2D eigenvalue weighted by Crippen LogP contribution is 2.44. The summed E-state index contributed by atoms with van der Waals surface area (Å²) >= 11 is 6.14. The molecule has 0 saturated carbocycles. The number of halogens is 8. The van der Waals surface area contributed by atoms with Crippen molar-refractivity contribution in [2.45, 2.75) is 25.3 Å². The van der Waals surface area contributed by atoms with Gasteiger partial charge in [-0.15, -0.1) is 0 Å². The number of aryl methyl sites for hydroxylation is 1. The molecule has 0 fully saturated rings. The maximum atomic E-state index is 13.7. The fourth-order valence-corrected chi connectivity index (χ4v) is 5.12. The molecule has 1 aromatic heterocycles. The number of ketones is 1. The lowest BCUT2D eigenvalue weighted by molar-refractivity contribution is -0.143. The van der Waals surface area contributed by atoms with Gasteiger partial charge in [0.1, 0.15) is 11.6 Å². The van der Waals surface area contributed by atoms with Gasteiger partial charge in [-0.1, -0.05) is 17.7 Å². The zero-order chi connectivity index (χ0) is 30.6. The van der Waals surface area contributed by atoms with E-state index < -0.39 is 46.6 Å². The lowest BCUT2D eigenvalue weighted by atomic mass is 9.86. The number of hydrogen-bond acceptors (Lipinski definition) is 3. The van der Waals surface area contributed by atoms with Crippen LogP contribution in [0.25, 0.3) is 11.1 Å². The summed E-state index contributed by atoms with van der Waals surface area (Å²) in [6.45, 7) is -0.242. The van der Waals surface area contributed by atoms with Crippen molar-refractivity contribution < 1.29 is 40.3 Å². The van der Waals surface area contributed by atoms with Crippen molar-refractivity contribution in [3.63, 3.8) is 0 Å². The lowest BCUT2D eigenvalue weighted by Crippen LogP contribution is -2.30. The van der Waals surface area contributed by atoms with Crippen LogP contribution in [0.1, 0.15) is 32.6 Å². The zero-order valence-electron chi connectivity index (χ0n) is 21.7. The third kappa shape index (κ3) is 5.80. The number of alkyl halides is 6. The summed E-state index contributed by atoms with van der Waals surface area (Å²) in [5.41, 5.74) is -2.75. The number of nitrogens with one attached hydrogen (secondary N) is 1. The minimum absolute atomic E-state index is 0.00716. The Labute approximate surface area is 239 Å². The van der Waals surface area contributed by atoms with E-state index in [-0.39, 0.29) is 53.2 Å². The van der Waals surface area contributed by atoms with Crippen LogP contribution in [0.15, 0.2) is 60.9 Å². The van der Waals surface area contributed by atoms with Gasteiger partial charge >= 0.3 is 12.4 Å². The number of fused-ring (bicyclic) bond motifs is 1. The van der Waals surface area contributed by atoms with Crippen LogP contribution in [0.4, 0.5) is 30.7 Å². The molecule has 3 aromatic carbocycles. The SMILES string of the molecule is Cn1ccn(Cc2cc3c(c(-c4cc(C(F)(F)F)cc(C(F)(F)F)c4)c2)OC[C@@H](Cc2ccc(F)cc2Cl)C3=O)c1=N. The lowest BCUT2D eigenvalue weighted by Gasteiger charge is -2.27. The summed E-state index contributed by atoms with van der Waals surface area (Å²) in [5.74, 6) is -2.00. The minimum Gasteiger partial charge on any atom is -0.491 e. The predicted octanol–water partition coefficient (Wildman–Crippen LogP) is 7.29. The second kappa shape index (κ2) is 10.6. The van der Waals surface area contributed by atoms with E-state index in [1.54, 1.807) is 19.4 Å². The molecule has 13 heteroatoms. The number of carbonyl (C=O) groups excluding carboxylic acids is 1. The first-order valence-electron chi connectivity index (χ1n) is 12.5. The topological polar surface area (TPSA) is 60.0 Å². The van der Waals surface area contributed by atoms with Crippen molar-refractivity contribution >= 4 is 17.4 Å². The molecule has 5 rings (SSSR count). The van der Waals surface area contributed by atoms with E-state index in [4.69, 9.17) is 21.7 Å². The normalized spacial score (nSPS) is 15.5. The molecule has 0 radical (unpaired) electrons. The Kier molecular flexibility index (Phi) is 7.46. The summed E-state index contributed by atoms with van der Waals surface area (Å²) in [7, 11) is 1.63. The Balaban J connectivity index is 1.66. The molecule has 0 bridgehead atoms. The first-order valence-corrected chi connectivity index (χ1v) is 12.8. The van der Waals surface area contributed by atoms with Crippen molar-refractivity contribution in [1.82, 2.24) is 9.13 Å². The molecule has 0 spiro atoms. The van der Waals surface area contributed by atoms with Crippen LogP contribution < -0.4 is 10.4 Å². The molecule has 42 heavy (non-hydrogen) atoms. The van der Waals surface area contributed by atoms with Gasteiger partial charge in [0.25, 0.3) is 0 Å². The average molecular weight is 612 g/mol. The van der Waals surface area contributed by atoms with Gasteiger partial charge in [0.2, 0.25) is 5.62 Å². The Hall–Kier alpha value is -4.06. The van der Waals surface area contributed by atoms with Crippen molar-refractivity contribution in [2.24, 2.45) is 13.0 Å². The largest absolute Gasteiger partial charge is 0.491 e. The fourth-order valence-electron chi connectivity index (χ4n) is 4.88. The molecule has 1 N–H and O–H groups in total. The number of imidazole rings is 1. The number of hydrogen-bond donors (Lipinski definition) is 1. The second-order valence-corrected chi connectivity index (χ2v) is 10.4. The van der Waals surface area contributed by atoms with Gasteiger partial charge in [-0.05, 0) is 65.6 Å². The zero-order valence-corrected chi connectivity index (χ0v) is 22.5. The molecule has 5 nitrogen and oxygen atoms in total. The van der Waals surface area contributed by atoms with Crippen LogP contribution in [-0.2, 0) is 32.4 Å². The number of ether oxygens (including phenoxy) is 1. The summed E-state index contributed by atoms with van der Waals surface area (Å²) in [4.78, 5) is 13.7. The quantitative estimate of drug-likeness (QED) is 0.241. The van der Waals surface area contributed by atoms with Gasteiger partial charge in [-0.25, -0.2) is 4.39 Å². The van der Waals surface area contributed by atoms with Crippen LogP contribution in [0.3, 0.4) is 0 Å². The summed E-state index contributed by atoms with van der Waals surface area (Å²) < 4.78 is 104. The molecular formula is C29H21ClF7N3O2. The number of carbonyl (C=O) groups is 1. The molecule has 1 aliphatic rings. The van der Waals surface area contributed by atoms with E-state index >= 15 is 0 Å². The van der Waals surface area contributed by atoms with Gasteiger partial charge in [-0.2, -0.15) is 26.3 Å². The number of nitrogens with zero attached hydrogens (tertiary/aromatic N) is 2. The van der Waals surface area contributed by atoms with Gasteiger partial charge < -0.3 is 13.9 Å². The number of aromatic nitrogens is 2. The number of rotatable bonds is 5. The van der Waals surface area contributed by atoms with Crippen LogP contribution in [0.5, 0.6) is 5.75 Å². The summed E-state index contributed by atoms with van der Waals surface area (Å²) in [6.07, 6.45) is -6.93. The van der Waals surface area contributed by atoms with Crippen molar-refractivity contribution in [1.29, 1.82) is 5.41 Å². The molecule has 4 aromatic rings. The van der Waals surface area contributed by atoms with Crippen LogP contribution in [-0.4, -0.2) is 21.5 Å². The molecule has 0 amide bonds. The first kappa shape index (κ1) is 29.4. The highest BCUT2D eigenvalue weighted by Gasteiger charge is 2.38. The minimum atomic E-state index is -5.08. The molecule has 1 aliphatic heterocycles. The predicted molar refractivity (Wildman–Crippen MR) is 139 cm³/mol. The Morgan fingerprint density at radius 3 is 2.17 bits per heavy atom. The van der Waals surface area contributed by atoms with Crippen molar-refractivity contribution in [3.05, 3.63) is 105 Å². The summed E-state index contributed by atoms with van der Waals surface area (Å²) in [5, 5.41) is 8.29. The monoisotopic (exact) mass is 611 g/mol. The molecule has 0 aliphatic carbocycles. The van der Waals surface area contributed by atoms with E-state index in [0.717, 1.165) is 6.07 Å². The Morgan fingerprint density at radius 1 is 0.952 bits per heavy atom. The molecule has 2 heterocycles. The van der Waals surface area contributed by atoms with Gasteiger partial charge in [0.15, 0.2) is 5.78 Å². The van der Waals surface area contributed by atoms with Gasteiger partial charge in [0, 0.05) is 30.0 Å². The maximum absolute atomic E-state index is 13.7. The Bertz CT molecular complexity index is 1720. The van der Waals surface area contributed by atoms with E-state index in [1.165, 1.54) is 33.4 Å². The van der Waals surface area contributed by atoms with E-state index in [2.05, 4.69) is 0 Å². The smallest absolute Gasteiger partial charge is 0.416 e. The van der Waals surface area contributed by atoms with E-state index in [1.807, 2.05) is 0 Å². The molecule has 220 valence electrons. The number of Topliss-reactive ketones (excluding diaryl/α,β-unsaturated/α-hetero) is 1. The highest BCUT2D eigenvalue weighted by atomic mass is 35.5. The molecular weight excluding hydrogens is 591 g/mol. The standard InChI is InChI=1S/C29H21ClF7N3O2/c1-39-4-5-40(27(39)38)13-15-6-22(17-9-19(28(32,33)34)11-20(10-17)29(35,36)37)26-23(7-15)25(41)18(14-42-26)8-16-2-3-21(31)12-24(16)30/h2-7,9-12,18,38H,8,13-14H2,1H3/t18-/m1/s1. The molecule has 0 unspecified atom stereocenters. The van der Waals surface area contributed by atoms with E-state index in [9.17, 15) is 35.5 Å². The summed E-state index contributed by atoms with van der Waals surface area (Å²) in [6, 6.07) is 7.70. The number of benzene rings is 3. The molecule has 1 atom stereocenters. The first-order chi connectivity index (χ1) is 19.6. The van der Waals surface area contributed by atoms with Gasteiger partial charge in [-0.3, -0.25) is 10.2 Å². The third-order valence-corrected chi connectivity index (χ3v) is 7.38. The van der Waals surface area contributed by atoms with Crippen molar-refractivity contribution in [2.75, 3.05) is 6.61 Å². The maximum Gasteiger partial charge on any atom is 0.416 e. The molecule has 0 saturated heterocycles. The third-order valence-electron chi connectivity index (χ3n) is 7.02. The highest BCUT2D eigenvalue weighted by molar-refractivity contribution is 6.31. The average Bonchev–Trinajstić information content (AvgIpc) is 3.22. The van der Waals surface area contributed by atoms with E-state index in [0.29, 0.717) is 23.3 Å². The van der Waals surface area contributed by atoms with Crippen molar-refractivity contribution in [3.8, 4) is 16.9 Å². The Morgan fingerprint density at radius 2 is 1.60 bits per heavy atom. The van der Waals surface area contributed by atoms with Crippen LogP contribution >= 0.6 is 11.6 Å². The second-order valence-electron chi connectivity index (χ2n) is 9.99. The fraction of sp³-hybridized carbons (Fsp3) is 0.241.